The number of hydrogen-bond donors (Lipinski definition) is 0. The Morgan fingerprint density at radius 3 is 2.42 bits per heavy atom. The molecule has 0 spiro atoms. The first kappa shape index (κ1) is 25.3. The predicted molar refractivity (Wildman–Crippen MR) is 146 cm³/mol. The molecule has 36 heavy (non-hydrogen) atoms. The lowest BCUT2D eigenvalue weighted by Gasteiger charge is -2.31. The van der Waals surface area contributed by atoms with E-state index in [-0.39, 0.29) is 5.69 Å². The monoisotopic (exact) mass is 487 g/mol. The van der Waals surface area contributed by atoms with Gasteiger partial charge in [-0.15, -0.1) is 0 Å². The number of ether oxygens (including phenoxy) is 1. The summed E-state index contributed by atoms with van der Waals surface area (Å²) >= 11 is 0. The number of non-ortho nitro benzene ring substituents is 1. The minimum atomic E-state index is -0.413. The molecule has 0 bridgehead atoms. The molecule has 0 N–H and O–H groups in total. The van der Waals surface area contributed by atoms with E-state index >= 15 is 0 Å². The normalized spacial score (nSPS) is 17.6. The zero-order valence-corrected chi connectivity index (χ0v) is 21.0. The van der Waals surface area contributed by atoms with Crippen molar-refractivity contribution in [3.63, 3.8) is 0 Å². The first-order chi connectivity index (χ1) is 17.6. The number of nitrogens with zero attached hydrogens (tertiary/aromatic N) is 5. The number of hydrogen-bond acceptors (Lipinski definition) is 7. The van der Waals surface area contributed by atoms with Crippen LogP contribution in [-0.4, -0.2) is 61.6 Å². The molecule has 1 aliphatic carbocycles. The third-order valence-corrected chi connectivity index (χ3v) is 6.53. The van der Waals surface area contributed by atoms with E-state index in [9.17, 15) is 10.1 Å². The first-order valence-corrected chi connectivity index (χ1v) is 12.5. The topological polar surface area (TPSA) is 83.6 Å². The van der Waals surface area contributed by atoms with Crippen molar-refractivity contribution in [1.82, 2.24) is 4.90 Å². The van der Waals surface area contributed by atoms with Crippen molar-refractivity contribution in [1.29, 1.82) is 0 Å². The van der Waals surface area contributed by atoms with E-state index in [2.05, 4.69) is 64.2 Å². The number of rotatable bonds is 9. The van der Waals surface area contributed by atoms with Crippen molar-refractivity contribution in [2.75, 3.05) is 44.3 Å². The molecule has 1 fully saturated rings. The molecule has 0 unspecified atom stereocenters. The van der Waals surface area contributed by atoms with E-state index in [4.69, 9.17) is 4.74 Å². The zero-order chi connectivity index (χ0) is 25.3. The lowest BCUT2D eigenvalue weighted by Crippen LogP contribution is -2.36. The Morgan fingerprint density at radius 2 is 1.72 bits per heavy atom. The molecule has 2 aromatic rings. The van der Waals surface area contributed by atoms with Gasteiger partial charge in [0.1, 0.15) is 0 Å². The fraction of sp³-hybridized carbons (Fsp3) is 0.357. The molecule has 2 aliphatic rings. The zero-order valence-electron chi connectivity index (χ0n) is 21.0. The maximum atomic E-state index is 11.0. The van der Waals surface area contributed by atoms with Crippen LogP contribution in [0, 0.1) is 10.1 Å². The molecule has 8 heteroatoms. The van der Waals surface area contributed by atoms with Crippen LogP contribution in [0.4, 0.5) is 11.4 Å². The highest BCUT2D eigenvalue weighted by molar-refractivity contribution is 5.85. The Bertz CT molecular complexity index is 1170. The van der Waals surface area contributed by atoms with Gasteiger partial charge in [-0.25, -0.2) is 0 Å². The van der Waals surface area contributed by atoms with Crippen LogP contribution < -0.4 is 4.90 Å². The average Bonchev–Trinajstić information content (AvgIpc) is 3.31. The Balaban J connectivity index is 1.56. The molecular formula is C28H33N5O3. The highest BCUT2D eigenvalue weighted by atomic mass is 16.6. The summed E-state index contributed by atoms with van der Waals surface area (Å²) in [5, 5.41) is 19.4. The lowest BCUT2D eigenvalue weighted by atomic mass is 10.1. The van der Waals surface area contributed by atoms with Gasteiger partial charge in [0.25, 0.3) is 5.69 Å². The second kappa shape index (κ2) is 12.3. The molecule has 0 saturated carbocycles. The van der Waals surface area contributed by atoms with Gasteiger partial charge < -0.3 is 14.5 Å². The molecule has 1 saturated heterocycles. The number of allylic oxidation sites excluding steroid dienone is 2. The van der Waals surface area contributed by atoms with Crippen molar-refractivity contribution < 1.29 is 9.66 Å². The summed E-state index contributed by atoms with van der Waals surface area (Å²) < 4.78 is 5.59. The van der Waals surface area contributed by atoms with Gasteiger partial charge in [-0.1, -0.05) is 24.3 Å². The van der Waals surface area contributed by atoms with E-state index in [0.29, 0.717) is 18.8 Å². The molecule has 0 radical (unpaired) electrons. The van der Waals surface area contributed by atoms with Crippen LogP contribution in [-0.2, 0) is 4.74 Å². The van der Waals surface area contributed by atoms with Crippen LogP contribution >= 0.6 is 0 Å². The van der Waals surface area contributed by atoms with Crippen molar-refractivity contribution >= 4 is 29.9 Å². The number of nitro benzene ring substituents is 1. The Morgan fingerprint density at radius 1 is 1.00 bits per heavy atom. The summed E-state index contributed by atoms with van der Waals surface area (Å²) in [6.07, 6.45) is 7.49. The lowest BCUT2D eigenvalue weighted by molar-refractivity contribution is -0.384. The maximum absolute atomic E-state index is 11.0. The first-order valence-electron chi connectivity index (χ1n) is 12.5. The average molecular weight is 488 g/mol. The van der Waals surface area contributed by atoms with Gasteiger partial charge in [-0.3, -0.25) is 10.1 Å². The highest BCUT2D eigenvalue weighted by Gasteiger charge is 2.25. The summed E-state index contributed by atoms with van der Waals surface area (Å²) in [4.78, 5) is 15.3. The summed E-state index contributed by atoms with van der Waals surface area (Å²) in [7, 11) is 0. The predicted octanol–water partition coefficient (Wildman–Crippen LogP) is 5.31. The van der Waals surface area contributed by atoms with Crippen molar-refractivity contribution in [3.05, 3.63) is 86.6 Å². The third-order valence-electron chi connectivity index (χ3n) is 6.53. The Kier molecular flexibility index (Phi) is 8.62. The van der Waals surface area contributed by atoms with E-state index in [1.54, 1.807) is 18.3 Å². The molecule has 8 nitrogen and oxygen atoms in total. The SMILES string of the molecule is CCN(CC)c1ccc(/C=C2\CCC(/C=N/N=C/c3cccc([N+](=O)[O-])c3)=C2N2CCOCC2)cc1. The van der Waals surface area contributed by atoms with Gasteiger partial charge in [0.05, 0.1) is 30.6 Å². The van der Waals surface area contributed by atoms with Crippen molar-refractivity contribution in [2.45, 2.75) is 26.7 Å². The molecular weight excluding hydrogens is 454 g/mol. The van der Waals surface area contributed by atoms with E-state index in [1.807, 2.05) is 6.21 Å². The summed E-state index contributed by atoms with van der Waals surface area (Å²) in [5.41, 5.74) is 6.79. The molecule has 1 aliphatic heterocycles. The second-order valence-electron chi connectivity index (χ2n) is 8.75. The van der Waals surface area contributed by atoms with Crippen molar-refractivity contribution in [3.8, 4) is 0 Å². The van der Waals surface area contributed by atoms with E-state index in [0.717, 1.165) is 44.6 Å². The van der Waals surface area contributed by atoms with Gasteiger partial charge >= 0.3 is 0 Å². The largest absolute Gasteiger partial charge is 0.378 e. The fourth-order valence-electron chi connectivity index (χ4n) is 4.66. The minimum Gasteiger partial charge on any atom is -0.378 e. The van der Waals surface area contributed by atoms with Crippen LogP contribution in [0.25, 0.3) is 6.08 Å². The maximum Gasteiger partial charge on any atom is 0.270 e. The number of benzene rings is 2. The molecule has 2 aromatic carbocycles. The van der Waals surface area contributed by atoms with E-state index in [1.165, 1.54) is 34.7 Å². The van der Waals surface area contributed by atoms with Gasteiger partial charge in [0, 0.05) is 55.3 Å². The van der Waals surface area contributed by atoms with Crippen LogP contribution in [0.3, 0.4) is 0 Å². The number of morpholine rings is 1. The summed E-state index contributed by atoms with van der Waals surface area (Å²) in [5.74, 6) is 0. The highest BCUT2D eigenvalue weighted by Crippen LogP contribution is 2.35. The van der Waals surface area contributed by atoms with Gasteiger partial charge in [-0.05, 0) is 61.6 Å². The molecule has 188 valence electrons. The van der Waals surface area contributed by atoms with Crippen LogP contribution in [0.1, 0.15) is 37.8 Å². The molecule has 0 atom stereocenters. The Labute approximate surface area is 212 Å². The molecule has 1 heterocycles. The quantitative estimate of drug-likeness (QED) is 0.272. The standard InChI is InChI=1S/C28H33N5O3/c1-3-31(4-2)26-12-8-22(9-13-26)18-24-10-11-25(28(24)32-14-16-36-17-15-32)21-30-29-20-23-6-5-7-27(19-23)33(34)35/h5-9,12-13,18-21H,3-4,10-11,14-17H2,1-2H3/b24-18+,29-20+,30-21+. The summed E-state index contributed by atoms with van der Waals surface area (Å²) in [6.45, 7) is 9.46. The second-order valence-corrected chi connectivity index (χ2v) is 8.75. The molecule has 0 aromatic heterocycles. The van der Waals surface area contributed by atoms with Crippen molar-refractivity contribution in [2.24, 2.45) is 10.2 Å². The van der Waals surface area contributed by atoms with E-state index < -0.39 is 4.92 Å². The molecule has 0 amide bonds. The summed E-state index contributed by atoms with van der Waals surface area (Å²) in [6, 6.07) is 15.1. The third kappa shape index (κ3) is 6.26. The smallest absolute Gasteiger partial charge is 0.270 e. The number of nitro groups is 1. The fourth-order valence-corrected chi connectivity index (χ4v) is 4.66. The van der Waals surface area contributed by atoms with Crippen LogP contribution in [0.2, 0.25) is 0 Å². The Hall–Kier alpha value is -3.78. The molecule has 4 rings (SSSR count). The van der Waals surface area contributed by atoms with Gasteiger partial charge in [-0.2, -0.15) is 10.2 Å². The van der Waals surface area contributed by atoms with Crippen LogP contribution in [0.5, 0.6) is 0 Å². The minimum absolute atomic E-state index is 0.0379. The van der Waals surface area contributed by atoms with Crippen LogP contribution in [0.15, 0.2) is 75.6 Å². The number of anilines is 1. The van der Waals surface area contributed by atoms with Gasteiger partial charge in [0.15, 0.2) is 0 Å². The van der Waals surface area contributed by atoms with Gasteiger partial charge in [0.2, 0.25) is 0 Å².